The normalized spacial score (nSPS) is 14.8. The van der Waals surface area contributed by atoms with Gasteiger partial charge in [-0.1, -0.05) is 34.1 Å². The molecule has 1 atom stereocenters. The zero-order valence-electron chi connectivity index (χ0n) is 13.8. The zero-order chi connectivity index (χ0) is 14.6. The Morgan fingerprint density at radius 3 is 2.42 bits per heavy atom. The smallest absolute Gasteiger partial charge is 0.0700 e. The van der Waals surface area contributed by atoms with Gasteiger partial charge in [0.2, 0.25) is 0 Å². The molecule has 0 saturated heterocycles. The summed E-state index contributed by atoms with van der Waals surface area (Å²) in [6.07, 6.45) is 4.92. The van der Waals surface area contributed by atoms with Crippen molar-refractivity contribution < 1.29 is 9.47 Å². The van der Waals surface area contributed by atoms with Gasteiger partial charge in [-0.3, -0.25) is 0 Å². The molecule has 3 nitrogen and oxygen atoms in total. The van der Waals surface area contributed by atoms with Crippen LogP contribution in [-0.2, 0) is 9.47 Å². The van der Waals surface area contributed by atoms with Crippen molar-refractivity contribution in [1.29, 1.82) is 0 Å². The molecule has 19 heavy (non-hydrogen) atoms. The summed E-state index contributed by atoms with van der Waals surface area (Å²) in [5.74, 6) is 0.725. The average Bonchev–Trinajstić information content (AvgIpc) is 2.33. The summed E-state index contributed by atoms with van der Waals surface area (Å²) in [7, 11) is 1.71. The largest absolute Gasteiger partial charge is 0.382 e. The Kier molecular flexibility index (Phi) is 11.6. The number of methoxy groups -OCH3 is 1. The van der Waals surface area contributed by atoms with Gasteiger partial charge in [0.1, 0.15) is 0 Å². The highest BCUT2D eigenvalue weighted by molar-refractivity contribution is 4.76. The number of nitrogens with one attached hydrogen (secondary N) is 1. The van der Waals surface area contributed by atoms with Crippen molar-refractivity contribution >= 4 is 0 Å². The molecule has 0 aliphatic rings. The number of ether oxygens (including phenoxy) is 2. The molecular weight excluding hydrogens is 238 g/mol. The Bertz CT molecular complexity index is 197. The van der Waals surface area contributed by atoms with Gasteiger partial charge in [0, 0.05) is 20.3 Å². The van der Waals surface area contributed by atoms with Crippen LogP contribution in [0.3, 0.4) is 0 Å². The summed E-state index contributed by atoms with van der Waals surface area (Å²) in [5.41, 5.74) is 0.411. The molecule has 0 heterocycles. The zero-order valence-corrected chi connectivity index (χ0v) is 13.8. The number of rotatable bonds is 13. The summed E-state index contributed by atoms with van der Waals surface area (Å²) < 4.78 is 10.5. The van der Waals surface area contributed by atoms with E-state index in [2.05, 4.69) is 33.0 Å². The molecule has 0 aromatic rings. The summed E-state index contributed by atoms with van der Waals surface area (Å²) in [4.78, 5) is 0. The van der Waals surface area contributed by atoms with Crippen molar-refractivity contribution in [2.24, 2.45) is 11.3 Å². The maximum atomic E-state index is 5.54. The van der Waals surface area contributed by atoms with Gasteiger partial charge < -0.3 is 14.8 Å². The second-order valence-corrected chi connectivity index (χ2v) is 6.29. The molecule has 0 spiro atoms. The monoisotopic (exact) mass is 273 g/mol. The predicted octanol–water partition coefficient (Wildman–Crippen LogP) is 3.48. The van der Waals surface area contributed by atoms with Crippen molar-refractivity contribution in [3.8, 4) is 0 Å². The summed E-state index contributed by atoms with van der Waals surface area (Å²) in [6, 6.07) is 0. The summed E-state index contributed by atoms with van der Waals surface area (Å²) >= 11 is 0. The van der Waals surface area contributed by atoms with Crippen LogP contribution in [0.5, 0.6) is 0 Å². The highest BCUT2D eigenvalue weighted by Crippen LogP contribution is 2.28. The standard InChI is InChI=1S/C16H35NO2/c1-6-8-16(4,14-17-13-15(2)3)9-7-10-19-12-11-18-5/h15,17H,6-14H2,1-5H3. The maximum Gasteiger partial charge on any atom is 0.0700 e. The fraction of sp³-hybridized carbons (Fsp3) is 1.00. The van der Waals surface area contributed by atoms with E-state index in [0.29, 0.717) is 18.6 Å². The molecule has 0 saturated carbocycles. The minimum atomic E-state index is 0.411. The van der Waals surface area contributed by atoms with Gasteiger partial charge in [0.25, 0.3) is 0 Å². The molecule has 0 fully saturated rings. The Morgan fingerprint density at radius 2 is 1.84 bits per heavy atom. The van der Waals surface area contributed by atoms with Crippen LogP contribution >= 0.6 is 0 Å². The first kappa shape index (κ1) is 18.9. The maximum absolute atomic E-state index is 5.54. The molecule has 0 aliphatic heterocycles. The number of hydrogen-bond acceptors (Lipinski definition) is 3. The van der Waals surface area contributed by atoms with Gasteiger partial charge in [-0.2, -0.15) is 0 Å². The van der Waals surface area contributed by atoms with Crippen molar-refractivity contribution in [3.63, 3.8) is 0 Å². The molecule has 1 N–H and O–H groups in total. The van der Waals surface area contributed by atoms with Crippen molar-refractivity contribution in [1.82, 2.24) is 5.32 Å². The molecule has 0 bridgehead atoms. The molecule has 0 aromatic carbocycles. The van der Waals surface area contributed by atoms with E-state index in [0.717, 1.165) is 32.0 Å². The van der Waals surface area contributed by atoms with Crippen LogP contribution < -0.4 is 5.32 Å². The quantitative estimate of drug-likeness (QED) is 0.521. The average molecular weight is 273 g/mol. The van der Waals surface area contributed by atoms with Crippen LogP contribution in [0.2, 0.25) is 0 Å². The fourth-order valence-electron chi connectivity index (χ4n) is 2.41. The Hall–Kier alpha value is -0.120. The highest BCUT2D eigenvalue weighted by Gasteiger charge is 2.22. The van der Waals surface area contributed by atoms with Gasteiger partial charge in [-0.15, -0.1) is 0 Å². The van der Waals surface area contributed by atoms with E-state index in [-0.39, 0.29) is 0 Å². The van der Waals surface area contributed by atoms with Crippen LogP contribution in [-0.4, -0.2) is 40.0 Å². The molecule has 0 amide bonds. The molecule has 116 valence electrons. The first-order chi connectivity index (χ1) is 9.04. The Morgan fingerprint density at radius 1 is 1.11 bits per heavy atom. The molecule has 0 radical (unpaired) electrons. The molecule has 0 aromatic heterocycles. The topological polar surface area (TPSA) is 30.5 Å². The first-order valence-electron chi connectivity index (χ1n) is 7.81. The number of hydrogen-bond donors (Lipinski definition) is 1. The molecule has 0 aliphatic carbocycles. The van der Waals surface area contributed by atoms with Crippen LogP contribution in [0, 0.1) is 11.3 Å². The second-order valence-electron chi connectivity index (χ2n) is 6.29. The molecule has 0 rings (SSSR count). The molecule has 1 unspecified atom stereocenters. The third-order valence-electron chi connectivity index (χ3n) is 3.46. The van der Waals surface area contributed by atoms with E-state index in [1.165, 1.54) is 19.3 Å². The predicted molar refractivity (Wildman–Crippen MR) is 82.7 cm³/mol. The minimum Gasteiger partial charge on any atom is -0.382 e. The SMILES string of the molecule is CCCC(C)(CCCOCCOC)CNCC(C)C. The van der Waals surface area contributed by atoms with Gasteiger partial charge in [0.05, 0.1) is 13.2 Å². The van der Waals surface area contributed by atoms with E-state index in [4.69, 9.17) is 9.47 Å². The van der Waals surface area contributed by atoms with Gasteiger partial charge in [-0.05, 0) is 37.1 Å². The van der Waals surface area contributed by atoms with Gasteiger partial charge >= 0.3 is 0 Å². The Balaban J connectivity index is 3.81. The minimum absolute atomic E-state index is 0.411. The summed E-state index contributed by atoms with van der Waals surface area (Å²) in [6.45, 7) is 13.7. The second kappa shape index (κ2) is 11.7. The Labute approximate surface area is 120 Å². The van der Waals surface area contributed by atoms with E-state index in [1.807, 2.05) is 0 Å². The lowest BCUT2D eigenvalue weighted by molar-refractivity contribution is 0.0635. The lowest BCUT2D eigenvalue weighted by Crippen LogP contribution is -2.34. The summed E-state index contributed by atoms with van der Waals surface area (Å²) in [5, 5.41) is 3.61. The van der Waals surface area contributed by atoms with E-state index in [1.54, 1.807) is 7.11 Å². The van der Waals surface area contributed by atoms with E-state index in [9.17, 15) is 0 Å². The van der Waals surface area contributed by atoms with Crippen LogP contribution in [0.4, 0.5) is 0 Å². The first-order valence-corrected chi connectivity index (χ1v) is 7.81. The third kappa shape index (κ3) is 11.4. The van der Waals surface area contributed by atoms with Crippen molar-refractivity contribution in [3.05, 3.63) is 0 Å². The molecule has 3 heteroatoms. The van der Waals surface area contributed by atoms with E-state index < -0.39 is 0 Å². The van der Waals surface area contributed by atoms with Crippen molar-refractivity contribution in [2.75, 3.05) is 40.0 Å². The fourth-order valence-corrected chi connectivity index (χ4v) is 2.41. The van der Waals surface area contributed by atoms with E-state index >= 15 is 0 Å². The van der Waals surface area contributed by atoms with Crippen LogP contribution in [0.1, 0.15) is 53.4 Å². The lowest BCUT2D eigenvalue weighted by Gasteiger charge is -2.30. The highest BCUT2D eigenvalue weighted by atomic mass is 16.5. The molecular formula is C16H35NO2. The third-order valence-corrected chi connectivity index (χ3v) is 3.46. The van der Waals surface area contributed by atoms with Gasteiger partial charge in [-0.25, -0.2) is 0 Å². The van der Waals surface area contributed by atoms with Gasteiger partial charge in [0.15, 0.2) is 0 Å². The lowest BCUT2D eigenvalue weighted by atomic mass is 9.81. The van der Waals surface area contributed by atoms with Crippen LogP contribution in [0.15, 0.2) is 0 Å². The van der Waals surface area contributed by atoms with Crippen LogP contribution in [0.25, 0.3) is 0 Å². The van der Waals surface area contributed by atoms with Crippen molar-refractivity contribution in [2.45, 2.75) is 53.4 Å².